The Hall–Kier alpha value is -0.980. The van der Waals surface area contributed by atoms with Crippen molar-refractivity contribution in [1.82, 2.24) is 0 Å². The van der Waals surface area contributed by atoms with E-state index in [1.165, 1.54) is 62.6 Å². The largest absolute Gasteiger partial charge is 0.383 e. The van der Waals surface area contributed by atoms with E-state index in [2.05, 4.69) is 43.4 Å². The molecule has 0 heterocycles. The summed E-state index contributed by atoms with van der Waals surface area (Å²) in [4.78, 5) is 0. The molecule has 106 valence electrons. The molecule has 0 aromatic heterocycles. The molecule has 1 heteroatoms. The number of hydrogen-bond acceptors (Lipinski definition) is 1. The van der Waals surface area contributed by atoms with Crippen LogP contribution in [-0.2, 0) is 6.42 Å². The van der Waals surface area contributed by atoms with Crippen molar-refractivity contribution in [2.24, 2.45) is 5.92 Å². The average Bonchev–Trinajstić information content (AvgIpc) is 2.36. The van der Waals surface area contributed by atoms with E-state index in [-0.39, 0.29) is 0 Å². The van der Waals surface area contributed by atoms with E-state index in [4.69, 9.17) is 0 Å². The molecule has 19 heavy (non-hydrogen) atoms. The Morgan fingerprint density at radius 2 is 1.89 bits per heavy atom. The van der Waals surface area contributed by atoms with Crippen LogP contribution in [0.5, 0.6) is 0 Å². The predicted molar refractivity (Wildman–Crippen MR) is 84.7 cm³/mol. The lowest BCUT2D eigenvalue weighted by Crippen LogP contribution is -2.23. The summed E-state index contributed by atoms with van der Waals surface area (Å²) in [5.74, 6) is 0.982. The summed E-state index contributed by atoms with van der Waals surface area (Å²) in [6.45, 7) is 4.57. The Bertz CT molecular complexity index is 350. The lowest BCUT2D eigenvalue weighted by molar-refractivity contribution is 0.286. The molecule has 0 bridgehead atoms. The summed E-state index contributed by atoms with van der Waals surface area (Å²) in [6, 6.07) is 9.68. The molecular weight excluding hydrogens is 230 g/mol. The van der Waals surface area contributed by atoms with Crippen molar-refractivity contribution >= 4 is 5.69 Å². The molecule has 0 saturated heterocycles. The SMILES string of the molecule is CCCCCc1ccc(NC(C)CC2CCC2)cc1. The normalized spacial score (nSPS) is 16.9. The molecule has 1 unspecified atom stereocenters. The molecule has 1 N–H and O–H groups in total. The van der Waals surface area contributed by atoms with Gasteiger partial charge in [-0.2, -0.15) is 0 Å². The minimum atomic E-state index is 0.608. The number of anilines is 1. The fraction of sp³-hybridized carbons (Fsp3) is 0.667. The first kappa shape index (κ1) is 14.4. The molecule has 1 aromatic rings. The molecule has 1 nitrogen and oxygen atoms in total. The zero-order valence-electron chi connectivity index (χ0n) is 12.6. The minimum Gasteiger partial charge on any atom is -0.383 e. The summed E-state index contributed by atoms with van der Waals surface area (Å²) < 4.78 is 0. The Labute approximate surface area is 118 Å². The van der Waals surface area contributed by atoms with Gasteiger partial charge in [-0.05, 0) is 49.8 Å². The van der Waals surface area contributed by atoms with Gasteiger partial charge in [0.05, 0.1) is 0 Å². The van der Waals surface area contributed by atoms with E-state index in [0.717, 1.165) is 5.92 Å². The van der Waals surface area contributed by atoms with Crippen LogP contribution in [0.1, 0.15) is 64.4 Å². The first-order valence-corrected chi connectivity index (χ1v) is 8.13. The van der Waals surface area contributed by atoms with Crippen LogP contribution in [0.15, 0.2) is 24.3 Å². The van der Waals surface area contributed by atoms with Crippen molar-refractivity contribution in [1.29, 1.82) is 0 Å². The molecule has 1 aliphatic rings. The van der Waals surface area contributed by atoms with Crippen molar-refractivity contribution in [2.75, 3.05) is 5.32 Å². The number of rotatable bonds is 8. The van der Waals surface area contributed by atoms with Gasteiger partial charge >= 0.3 is 0 Å². The van der Waals surface area contributed by atoms with Crippen LogP contribution in [-0.4, -0.2) is 6.04 Å². The van der Waals surface area contributed by atoms with E-state index in [0.29, 0.717) is 6.04 Å². The van der Waals surface area contributed by atoms with Gasteiger partial charge in [0.25, 0.3) is 0 Å². The van der Waals surface area contributed by atoms with Crippen molar-refractivity contribution < 1.29 is 0 Å². The highest BCUT2D eigenvalue weighted by atomic mass is 14.9. The van der Waals surface area contributed by atoms with Crippen molar-refractivity contribution in [3.05, 3.63) is 29.8 Å². The summed E-state index contributed by atoms with van der Waals surface area (Å²) in [7, 11) is 0. The van der Waals surface area contributed by atoms with Gasteiger partial charge in [-0.15, -0.1) is 0 Å². The highest BCUT2D eigenvalue weighted by Gasteiger charge is 2.19. The lowest BCUT2D eigenvalue weighted by atomic mass is 9.81. The molecule has 2 rings (SSSR count). The maximum atomic E-state index is 3.64. The smallest absolute Gasteiger partial charge is 0.0342 e. The first-order valence-electron chi connectivity index (χ1n) is 8.13. The average molecular weight is 259 g/mol. The van der Waals surface area contributed by atoms with E-state index in [1.807, 2.05) is 0 Å². The number of aryl methyl sites for hydroxylation is 1. The number of hydrogen-bond donors (Lipinski definition) is 1. The number of unbranched alkanes of at least 4 members (excludes halogenated alkanes) is 2. The third-order valence-electron chi connectivity index (χ3n) is 4.35. The Balaban J connectivity index is 1.73. The van der Waals surface area contributed by atoms with Crippen LogP contribution in [0.4, 0.5) is 5.69 Å². The van der Waals surface area contributed by atoms with E-state index in [9.17, 15) is 0 Å². The summed E-state index contributed by atoms with van der Waals surface area (Å²) in [5, 5.41) is 3.64. The van der Waals surface area contributed by atoms with Crippen molar-refractivity contribution in [2.45, 2.75) is 71.3 Å². The monoisotopic (exact) mass is 259 g/mol. The zero-order valence-corrected chi connectivity index (χ0v) is 12.6. The van der Waals surface area contributed by atoms with Gasteiger partial charge in [0, 0.05) is 11.7 Å². The second-order valence-corrected chi connectivity index (χ2v) is 6.23. The molecular formula is C18H29N. The third kappa shape index (κ3) is 4.89. The van der Waals surface area contributed by atoms with Crippen molar-refractivity contribution in [3.63, 3.8) is 0 Å². The van der Waals surface area contributed by atoms with Crippen LogP contribution in [0.2, 0.25) is 0 Å². The van der Waals surface area contributed by atoms with E-state index < -0.39 is 0 Å². The molecule has 1 atom stereocenters. The number of nitrogens with one attached hydrogen (secondary N) is 1. The van der Waals surface area contributed by atoms with Crippen LogP contribution in [0.3, 0.4) is 0 Å². The quantitative estimate of drug-likeness (QED) is 0.615. The number of benzene rings is 1. The zero-order chi connectivity index (χ0) is 13.5. The van der Waals surface area contributed by atoms with E-state index in [1.54, 1.807) is 0 Å². The van der Waals surface area contributed by atoms with Gasteiger partial charge in [0.15, 0.2) is 0 Å². The topological polar surface area (TPSA) is 12.0 Å². The second kappa shape index (κ2) is 7.57. The fourth-order valence-corrected chi connectivity index (χ4v) is 2.92. The van der Waals surface area contributed by atoms with E-state index >= 15 is 0 Å². The molecule has 1 aromatic carbocycles. The molecule has 1 saturated carbocycles. The van der Waals surface area contributed by atoms with Crippen LogP contribution < -0.4 is 5.32 Å². The van der Waals surface area contributed by atoms with Gasteiger partial charge in [0.2, 0.25) is 0 Å². The highest BCUT2D eigenvalue weighted by molar-refractivity contribution is 5.45. The van der Waals surface area contributed by atoms with Gasteiger partial charge in [0.1, 0.15) is 0 Å². The molecule has 0 radical (unpaired) electrons. The second-order valence-electron chi connectivity index (χ2n) is 6.23. The third-order valence-corrected chi connectivity index (χ3v) is 4.35. The van der Waals surface area contributed by atoms with Gasteiger partial charge in [-0.3, -0.25) is 0 Å². The summed E-state index contributed by atoms with van der Waals surface area (Å²) >= 11 is 0. The van der Waals surface area contributed by atoms with Crippen molar-refractivity contribution in [3.8, 4) is 0 Å². The maximum Gasteiger partial charge on any atom is 0.0342 e. The maximum absolute atomic E-state index is 3.64. The fourth-order valence-electron chi connectivity index (χ4n) is 2.92. The summed E-state index contributed by atoms with van der Waals surface area (Å²) in [6.07, 6.45) is 10.9. The molecule has 1 fully saturated rings. The standard InChI is InChI=1S/C18H29N/c1-3-4-5-7-16-10-12-18(13-11-16)19-15(2)14-17-8-6-9-17/h10-13,15,17,19H,3-9,14H2,1-2H3. The van der Waals surface area contributed by atoms with Crippen LogP contribution in [0, 0.1) is 5.92 Å². The molecule has 1 aliphatic carbocycles. The summed E-state index contributed by atoms with van der Waals surface area (Å²) in [5.41, 5.74) is 2.76. The Kier molecular flexibility index (Phi) is 5.75. The minimum absolute atomic E-state index is 0.608. The molecule has 0 spiro atoms. The highest BCUT2D eigenvalue weighted by Crippen LogP contribution is 2.31. The molecule has 0 amide bonds. The van der Waals surface area contributed by atoms with Crippen LogP contribution >= 0.6 is 0 Å². The molecule has 0 aliphatic heterocycles. The Morgan fingerprint density at radius 3 is 2.47 bits per heavy atom. The Morgan fingerprint density at radius 1 is 1.16 bits per heavy atom. The van der Waals surface area contributed by atoms with Gasteiger partial charge in [-0.1, -0.05) is 51.2 Å². The lowest BCUT2D eigenvalue weighted by Gasteiger charge is -2.28. The van der Waals surface area contributed by atoms with Gasteiger partial charge < -0.3 is 5.32 Å². The van der Waals surface area contributed by atoms with Gasteiger partial charge in [-0.25, -0.2) is 0 Å². The predicted octanol–water partition coefficient (Wildman–Crippen LogP) is 5.41. The first-order chi connectivity index (χ1) is 9.28. The van der Waals surface area contributed by atoms with Crippen LogP contribution in [0.25, 0.3) is 0 Å².